The molecule has 0 radical (unpaired) electrons. The van der Waals surface area contributed by atoms with E-state index in [1.54, 1.807) is 31.7 Å². The molecule has 0 aromatic heterocycles. The van der Waals surface area contributed by atoms with Crippen LogP contribution in [0.1, 0.15) is 24.2 Å². The Balaban J connectivity index is 2.01. The highest BCUT2D eigenvalue weighted by atomic mass is 32.2. The maximum Gasteiger partial charge on any atom is 0.345 e. The summed E-state index contributed by atoms with van der Waals surface area (Å²) < 4.78 is 11.1. The molecule has 0 spiro atoms. The van der Waals surface area contributed by atoms with Gasteiger partial charge in [0.05, 0.1) is 4.90 Å². The lowest BCUT2D eigenvalue weighted by atomic mass is 10.1. The van der Waals surface area contributed by atoms with Gasteiger partial charge in [-0.05, 0) is 24.3 Å². The van der Waals surface area contributed by atoms with Gasteiger partial charge >= 0.3 is 5.97 Å². The molecule has 0 amide bonds. The van der Waals surface area contributed by atoms with Crippen LogP contribution in [0.15, 0.2) is 58.3 Å². The monoisotopic (exact) mass is 286 g/mol. The van der Waals surface area contributed by atoms with Crippen LogP contribution in [-0.4, -0.2) is 11.8 Å². The lowest BCUT2D eigenvalue weighted by Crippen LogP contribution is -2.39. The van der Waals surface area contributed by atoms with Gasteiger partial charge in [-0.15, -0.1) is 0 Å². The quantitative estimate of drug-likeness (QED) is 0.778. The van der Waals surface area contributed by atoms with Crippen LogP contribution in [0.4, 0.5) is 0 Å². The molecule has 2 aromatic carbocycles. The van der Waals surface area contributed by atoms with Crippen molar-refractivity contribution < 1.29 is 14.3 Å². The largest absolute Gasteiger partial charge is 0.451 e. The fraction of sp³-hybridized carbons (Fsp3) is 0.188. The van der Waals surface area contributed by atoms with Gasteiger partial charge in [-0.2, -0.15) is 0 Å². The molecule has 3 rings (SSSR count). The van der Waals surface area contributed by atoms with E-state index in [1.165, 1.54) is 0 Å². The number of esters is 1. The van der Waals surface area contributed by atoms with Crippen LogP contribution in [0, 0.1) is 0 Å². The summed E-state index contributed by atoms with van der Waals surface area (Å²) in [6.45, 7) is 3.47. The topological polar surface area (TPSA) is 35.5 Å². The predicted molar refractivity (Wildman–Crippen MR) is 77.1 cm³/mol. The number of ether oxygens (including phenoxy) is 2. The second-order valence-electron chi connectivity index (χ2n) is 4.94. The van der Waals surface area contributed by atoms with Crippen LogP contribution in [-0.2, 0) is 4.74 Å². The summed E-state index contributed by atoms with van der Waals surface area (Å²) in [5.41, 5.74) is 0.477. The Morgan fingerprint density at radius 2 is 1.70 bits per heavy atom. The van der Waals surface area contributed by atoms with E-state index in [2.05, 4.69) is 0 Å². The van der Waals surface area contributed by atoms with Gasteiger partial charge < -0.3 is 9.47 Å². The van der Waals surface area contributed by atoms with E-state index in [-0.39, 0.29) is 5.97 Å². The zero-order valence-corrected chi connectivity index (χ0v) is 12.1. The van der Waals surface area contributed by atoms with E-state index in [4.69, 9.17) is 9.47 Å². The maximum absolute atomic E-state index is 12.0. The van der Waals surface area contributed by atoms with Crippen LogP contribution in [0.25, 0.3) is 0 Å². The van der Waals surface area contributed by atoms with Crippen molar-refractivity contribution in [2.75, 3.05) is 0 Å². The second kappa shape index (κ2) is 4.87. The smallest absolute Gasteiger partial charge is 0.345 e. The molecule has 1 aliphatic heterocycles. The number of benzene rings is 2. The third kappa shape index (κ3) is 2.51. The van der Waals surface area contributed by atoms with Gasteiger partial charge in [-0.25, -0.2) is 4.79 Å². The molecule has 0 unspecified atom stereocenters. The van der Waals surface area contributed by atoms with Crippen molar-refractivity contribution in [2.24, 2.45) is 0 Å². The van der Waals surface area contributed by atoms with E-state index in [0.717, 1.165) is 9.79 Å². The minimum Gasteiger partial charge on any atom is -0.451 e. The van der Waals surface area contributed by atoms with Gasteiger partial charge in [0.15, 0.2) is 5.75 Å². The molecular formula is C16H14O3S. The van der Waals surface area contributed by atoms with Crippen molar-refractivity contribution in [2.45, 2.75) is 29.4 Å². The molecular weight excluding hydrogens is 272 g/mol. The first-order valence-electron chi connectivity index (χ1n) is 6.33. The van der Waals surface area contributed by atoms with Crippen LogP contribution < -0.4 is 4.74 Å². The van der Waals surface area contributed by atoms with Crippen molar-refractivity contribution in [3.63, 3.8) is 0 Å². The molecule has 1 heterocycles. The molecule has 0 bridgehead atoms. The van der Waals surface area contributed by atoms with Gasteiger partial charge in [0.2, 0.25) is 5.79 Å². The first-order valence-corrected chi connectivity index (χ1v) is 7.15. The number of para-hydroxylation sites is 1. The SMILES string of the molecule is CC1(C)OC(=O)c2cccc(Sc3ccccc3)c2O1. The summed E-state index contributed by atoms with van der Waals surface area (Å²) in [6.07, 6.45) is 0. The molecule has 102 valence electrons. The van der Waals surface area contributed by atoms with E-state index in [9.17, 15) is 4.79 Å². The van der Waals surface area contributed by atoms with Crippen LogP contribution in [0.5, 0.6) is 5.75 Å². The molecule has 1 aliphatic rings. The van der Waals surface area contributed by atoms with Crippen LogP contribution in [0.2, 0.25) is 0 Å². The van der Waals surface area contributed by atoms with Gasteiger partial charge in [0.25, 0.3) is 0 Å². The number of fused-ring (bicyclic) bond motifs is 1. The Kier molecular flexibility index (Phi) is 3.18. The number of carbonyl (C=O) groups is 1. The normalized spacial score (nSPS) is 16.0. The Bertz CT molecular complexity index is 650. The minimum absolute atomic E-state index is 0.341. The molecule has 4 heteroatoms. The number of rotatable bonds is 2. The van der Waals surface area contributed by atoms with Crippen LogP contribution in [0.3, 0.4) is 0 Å². The summed E-state index contributed by atoms with van der Waals surface area (Å²) in [4.78, 5) is 14.0. The van der Waals surface area contributed by atoms with E-state index >= 15 is 0 Å². The average molecular weight is 286 g/mol. The molecule has 3 nitrogen and oxygen atoms in total. The molecule has 20 heavy (non-hydrogen) atoms. The van der Waals surface area contributed by atoms with Gasteiger partial charge in [0.1, 0.15) is 5.56 Å². The summed E-state index contributed by atoms with van der Waals surface area (Å²) in [5.74, 6) is -0.674. The highest BCUT2D eigenvalue weighted by molar-refractivity contribution is 7.99. The van der Waals surface area contributed by atoms with Crippen molar-refractivity contribution in [1.29, 1.82) is 0 Å². The van der Waals surface area contributed by atoms with E-state index in [1.807, 2.05) is 42.5 Å². The summed E-state index contributed by atoms with van der Waals surface area (Å²) in [5, 5.41) is 0. The predicted octanol–water partition coefficient (Wildman–Crippen LogP) is 4.12. The Morgan fingerprint density at radius 1 is 0.950 bits per heavy atom. The van der Waals surface area contributed by atoms with Gasteiger partial charge in [0, 0.05) is 18.7 Å². The highest BCUT2D eigenvalue weighted by Gasteiger charge is 2.35. The lowest BCUT2D eigenvalue weighted by Gasteiger charge is -2.32. The highest BCUT2D eigenvalue weighted by Crippen LogP contribution is 2.41. The molecule has 0 N–H and O–H groups in total. The number of hydrogen-bond acceptors (Lipinski definition) is 4. The summed E-state index contributed by atoms with van der Waals surface area (Å²) in [7, 11) is 0. The first-order chi connectivity index (χ1) is 9.55. The maximum atomic E-state index is 12.0. The third-order valence-corrected chi connectivity index (χ3v) is 3.91. The molecule has 0 atom stereocenters. The Morgan fingerprint density at radius 3 is 2.45 bits per heavy atom. The van der Waals surface area contributed by atoms with Crippen molar-refractivity contribution in [1.82, 2.24) is 0 Å². The Labute approximate surface area is 121 Å². The third-order valence-electron chi connectivity index (χ3n) is 2.86. The lowest BCUT2D eigenvalue weighted by molar-refractivity contribution is -0.128. The summed E-state index contributed by atoms with van der Waals surface area (Å²) in [6, 6.07) is 15.5. The van der Waals surface area contributed by atoms with Crippen molar-refractivity contribution in [3.05, 3.63) is 54.1 Å². The molecule has 0 saturated heterocycles. The fourth-order valence-corrected chi connectivity index (χ4v) is 2.96. The zero-order valence-electron chi connectivity index (χ0n) is 11.3. The number of carbonyl (C=O) groups excluding carboxylic acids is 1. The molecule has 0 saturated carbocycles. The second-order valence-corrected chi connectivity index (χ2v) is 6.05. The average Bonchev–Trinajstić information content (AvgIpc) is 2.40. The van der Waals surface area contributed by atoms with Crippen molar-refractivity contribution >= 4 is 17.7 Å². The number of hydrogen-bond donors (Lipinski definition) is 0. The fourth-order valence-electron chi connectivity index (χ4n) is 2.02. The zero-order chi connectivity index (χ0) is 14.2. The summed E-state index contributed by atoms with van der Waals surface area (Å²) >= 11 is 1.57. The number of cyclic esters (lactones) is 1. The van der Waals surface area contributed by atoms with Crippen molar-refractivity contribution in [3.8, 4) is 5.75 Å². The van der Waals surface area contributed by atoms with E-state index < -0.39 is 5.79 Å². The molecule has 0 aliphatic carbocycles. The first kappa shape index (κ1) is 13.1. The van der Waals surface area contributed by atoms with Gasteiger partial charge in [-0.1, -0.05) is 36.0 Å². The Hall–Kier alpha value is -1.94. The minimum atomic E-state index is -0.933. The van der Waals surface area contributed by atoms with Crippen LogP contribution >= 0.6 is 11.8 Å². The molecule has 0 fully saturated rings. The van der Waals surface area contributed by atoms with E-state index in [0.29, 0.717) is 11.3 Å². The molecule has 2 aromatic rings. The van der Waals surface area contributed by atoms with Gasteiger partial charge in [-0.3, -0.25) is 0 Å². The standard InChI is InChI=1S/C16H14O3S/c1-16(2)18-14-12(15(17)19-16)9-6-10-13(14)20-11-7-4-3-5-8-11/h3-10H,1-2H3.